The van der Waals surface area contributed by atoms with Gasteiger partial charge >= 0.3 is 0 Å². The zero-order valence-corrected chi connectivity index (χ0v) is 8.02. The van der Waals surface area contributed by atoms with Crippen LogP contribution in [-0.2, 0) is 6.54 Å². The van der Waals surface area contributed by atoms with Crippen molar-refractivity contribution in [2.45, 2.75) is 20.4 Å². The molecular formula is C11H14N2. The number of hydrogen-bond acceptors (Lipinski definition) is 1. The third kappa shape index (κ3) is 1.14. The smallest absolute Gasteiger partial charge is 0.0489 e. The Morgan fingerprint density at radius 2 is 2.08 bits per heavy atom. The Balaban J connectivity index is 2.81. The SMILES string of the molecule is Cc1ccc2c(CN)c[nH]c2c1C. The second-order valence-electron chi connectivity index (χ2n) is 3.45. The van der Waals surface area contributed by atoms with Crippen LogP contribution < -0.4 is 5.73 Å². The van der Waals surface area contributed by atoms with Gasteiger partial charge in [0, 0.05) is 23.6 Å². The normalized spacial score (nSPS) is 11.0. The van der Waals surface area contributed by atoms with Gasteiger partial charge in [-0.1, -0.05) is 12.1 Å². The number of aromatic amines is 1. The molecule has 1 heterocycles. The lowest BCUT2D eigenvalue weighted by Gasteiger charge is -2.01. The van der Waals surface area contributed by atoms with Gasteiger partial charge in [-0.2, -0.15) is 0 Å². The fourth-order valence-corrected chi connectivity index (χ4v) is 1.68. The lowest BCUT2D eigenvalue weighted by atomic mass is 10.1. The Labute approximate surface area is 77.8 Å². The summed E-state index contributed by atoms with van der Waals surface area (Å²) in [6, 6.07) is 4.28. The van der Waals surface area contributed by atoms with Crippen LogP contribution in [0.5, 0.6) is 0 Å². The van der Waals surface area contributed by atoms with Gasteiger partial charge in [-0.3, -0.25) is 0 Å². The molecule has 0 bridgehead atoms. The molecule has 0 saturated heterocycles. The van der Waals surface area contributed by atoms with E-state index in [0.29, 0.717) is 6.54 Å². The van der Waals surface area contributed by atoms with Gasteiger partial charge in [0.05, 0.1) is 0 Å². The maximum atomic E-state index is 5.63. The van der Waals surface area contributed by atoms with Crippen LogP contribution in [0, 0.1) is 13.8 Å². The molecule has 0 atom stereocenters. The van der Waals surface area contributed by atoms with Crippen LogP contribution in [0.25, 0.3) is 10.9 Å². The van der Waals surface area contributed by atoms with Crippen molar-refractivity contribution in [1.82, 2.24) is 4.98 Å². The topological polar surface area (TPSA) is 41.8 Å². The standard InChI is InChI=1S/C11H14N2/c1-7-3-4-10-9(5-12)6-13-11(10)8(7)2/h3-4,6,13H,5,12H2,1-2H3. The van der Waals surface area contributed by atoms with Crippen molar-refractivity contribution in [2.24, 2.45) is 5.73 Å². The first kappa shape index (κ1) is 8.32. The van der Waals surface area contributed by atoms with Gasteiger partial charge < -0.3 is 10.7 Å². The summed E-state index contributed by atoms with van der Waals surface area (Å²) in [4.78, 5) is 3.27. The van der Waals surface area contributed by atoms with Gasteiger partial charge in [-0.25, -0.2) is 0 Å². The number of hydrogen-bond donors (Lipinski definition) is 2. The largest absolute Gasteiger partial charge is 0.361 e. The summed E-state index contributed by atoms with van der Waals surface area (Å²) in [6.45, 7) is 4.86. The number of nitrogens with two attached hydrogens (primary N) is 1. The average molecular weight is 174 g/mol. The number of fused-ring (bicyclic) bond motifs is 1. The van der Waals surface area contributed by atoms with Crippen LogP contribution in [0.3, 0.4) is 0 Å². The predicted octanol–water partition coefficient (Wildman–Crippen LogP) is 2.24. The maximum absolute atomic E-state index is 5.63. The highest BCUT2D eigenvalue weighted by Crippen LogP contribution is 2.23. The monoisotopic (exact) mass is 174 g/mol. The minimum atomic E-state index is 0.600. The number of aryl methyl sites for hydroxylation is 2. The van der Waals surface area contributed by atoms with Crippen molar-refractivity contribution in [3.63, 3.8) is 0 Å². The van der Waals surface area contributed by atoms with E-state index in [-0.39, 0.29) is 0 Å². The molecule has 0 spiro atoms. The van der Waals surface area contributed by atoms with E-state index >= 15 is 0 Å². The molecule has 0 aliphatic carbocycles. The molecule has 1 aromatic carbocycles. The number of aromatic nitrogens is 1. The van der Waals surface area contributed by atoms with Gasteiger partial charge in [-0.05, 0) is 30.5 Å². The summed E-state index contributed by atoms with van der Waals surface area (Å²) in [5, 5.41) is 1.26. The number of benzene rings is 1. The van der Waals surface area contributed by atoms with Gasteiger partial charge in [0.25, 0.3) is 0 Å². The lowest BCUT2D eigenvalue weighted by Crippen LogP contribution is -1.94. The summed E-state index contributed by atoms with van der Waals surface area (Å²) >= 11 is 0. The quantitative estimate of drug-likeness (QED) is 0.684. The molecule has 2 rings (SSSR count). The van der Waals surface area contributed by atoms with Gasteiger partial charge in [0.2, 0.25) is 0 Å². The van der Waals surface area contributed by atoms with Crippen LogP contribution in [0.1, 0.15) is 16.7 Å². The van der Waals surface area contributed by atoms with Crippen molar-refractivity contribution in [1.29, 1.82) is 0 Å². The highest BCUT2D eigenvalue weighted by atomic mass is 14.7. The summed E-state index contributed by atoms with van der Waals surface area (Å²) in [5.74, 6) is 0. The highest BCUT2D eigenvalue weighted by Gasteiger charge is 2.04. The first-order chi connectivity index (χ1) is 6.24. The molecule has 0 amide bonds. The Bertz CT molecular complexity index is 441. The summed E-state index contributed by atoms with van der Waals surface area (Å²) in [5.41, 5.74) is 10.7. The number of rotatable bonds is 1. The predicted molar refractivity (Wildman–Crippen MR) is 55.7 cm³/mol. The third-order valence-electron chi connectivity index (χ3n) is 2.69. The van der Waals surface area contributed by atoms with Crippen LogP contribution in [0.4, 0.5) is 0 Å². The molecule has 1 aromatic heterocycles. The average Bonchev–Trinajstić information content (AvgIpc) is 2.55. The number of nitrogens with one attached hydrogen (secondary N) is 1. The summed E-state index contributed by atoms with van der Waals surface area (Å²) in [7, 11) is 0. The van der Waals surface area contributed by atoms with Crippen molar-refractivity contribution >= 4 is 10.9 Å². The Morgan fingerprint density at radius 3 is 2.77 bits per heavy atom. The molecule has 0 radical (unpaired) electrons. The van der Waals surface area contributed by atoms with E-state index in [2.05, 4.69) is 31.0 Å². The van der Waals surface area contributed by atoms with Gasteiger partial charge in [0.15, 0.2) is 0 Å². The Hall–Kier alpha value is -1.28. The fourth-order valence-electron chi connectivity index (χ4n) is 1.68. The summed E-state index contributed by atoms with van der Waals surface area (Å²) < 4.78 is 0. The molecule has 68 valence electrons. The Kier molecular flexibility index (Phi) is 1.85. The van der Waals surface area contributed by atoms with E-state index < -0.39 is 0 Å². The zero-order chi connectivity index (χ0) is 9.42. The molecule has 0 fully saturated rings. The maximum Gasteiger partial charge on any atom is 0.0489 e. The van der Waals surface area contributed by atoms with Crippen molar-refractivity contribution in [2.75, 3.05) is 0 Å². The van der Waals surface area contributed by atoms with Crippen molar-refractivity contribution < 1.29 is 0 Å². The van der Waals surface area contributed by atoms with Gasteiger partial charge in [0.1, 0.15) is 0 Å². The minimum absolute atomic E-state index is 0.600. The Morgan fingerprint density at radius 1 is 1.31 bits per heavy atom. The molecule has 13 heavy (non-hydrogen) atoms. The van der Waals surface area contributed by atoms with E-state index in [0.717, 1.165) is 0 Å². The molecular weight excluding hydrogens is 160 g/mol. The van der Waals surface area contributed by atoms with Gasteiger partial charge in [-0.15, -0.1) is 0 Å². The van der Waals surface area contributed by atoms with Crippen molar-refractivity contribution in [3.8, 4) is 0 Å². The molecule has 2 heteroatoms. The fraction of sp³-hybridized carbons (Fsp3) is 0.273. The molecule has 0 unspecified atom stereocenters. The van der Waals surface area contributed by atoms with E-state index in [1.807, 2.05) is 6.20 Å². The highest BCUT2D eigenvalue weighted by molar-refractivity contribution is 5.86. The molecule has 2 aromatic rings. The second kappa shape index (κ2) is 2.89. The first-order valence-corrected chi connectivity index (χ1v) is 4.50. The summed E-state index contributed by atoms with van der Waals surface area (Å²) in [6.07, 6.45) is 2.00. The van der Waals surface area contributed by atoms with E-state index in [1.54, 1.807) is 0 Å². The van der Waals surface area contributed by atoms with Crippen LogP contribution in [-0.4, -0.2) is 4.98 Å². The van der Waals surface area contributed by atoms with E-state index in [1.165, 1.54) is 27.6 Å². The van der Waals surface area contributed by atoms with Crippen LogP contribution >= 0.6 is 0 Å². The molecule has 0 saturated carbocycles. The number of H-pyrrole nitrogens is 1. The molecule has 0 aliphatic rings. The minimum Gasteiger partial charge on any atom is -0.361 e. The molecule has 2 nitrogen and oxygen atoms in total. The first-order valence-electron chi connectivity index (χ1n) is 4.50. The third-order valence-corrected chi connectivity index (χ3v) is 2.69. The van der Waals surface area contributed by atoms with E-state index in [4.69, 9.17) is 5.73 Å². The van der Waals surface area contributed by atoms with Crippen LogP contribution in [0.2, 0.25) is 0 Å². The van der Waals surface area contributed by atoms with Crippen LogP contribution in [0.15, 0.2) is 18.3 Å². The van der Waals surface area contributed by atoms with E-state index in [9.17, 15) is 0 Å². The zero-order valence-electron chi connectivity index (χ0n) is 8.02. The lowest BCUT2D eigenvalue weighted by molar-refractivity contribution is 1.08. The molecule has 0 aliphatic heterocycles. The van der Waals surface area contributed by atoms with Crippen molar-refractivity contribution in [3.05, 3.63) is 35.0 Å². The second-order valence-corrected chi connectivity index (χ2v) is 3.45. The molecule has 3 N–H and O–H groups in total.